The van der Waals surface area contributed by atoms with E-state index in [1.54, 1.807) is 7.11 Å². The van der Waals surface area contributed by atoms with Crippen LogP contribution in [-0.2, 0) is 11.2 Å². The maximum Gasteiger partial charge on any atom is 0.227 e. The Hall–Kier alpha value is -2.29. The highest BCUT2D eigenvalue weighted by atomic mass is 16.5. The second-order valence-corrected chi connectivity index (χ2v) is 6.18. The summed E-state index contributed by atoms with van der Waals surface area (Å²) in [7, 11) is 1.67. The molecule has 0 N–H and O–H groups in total. The Morgan fingerprint density at radius 1 is 1.13 bits per heavy atom. The standard InChI is InChI=1S/C20H23NO2/c1-15-5-7-16(8-6-15)14-20(22)21-13-3-4-19(21)17-9-11-18(23-2)12-10-17/h5-12,19H,3-4,13-14H2,1-2H3. The molecule has 0 aromatic heterocycles. The molecule has 1 amide bonds. The van der Waals surface area contributed by atoms with Crippen molar-refractivity contribution >= 4 is 5.91 Å². The summed E-state index contributed by atoms with van der Waals surface area (Å²) in [6, 6.07) is 16.5. The zero-order valence-corrected chi connectivity index (χ0v) is 13.8. The van der Waals surface area contributed by atoms with Gasteiger partial charge in [-0.2, -0.15) is 0 Å². The Morgan fingerprint density at radius 2 is 1.83 bits per heavy atom. The first-order valence-electron chi connectivity index (χ1n) is 8.16. The summed E-state index contributed by atoms with van der Waals surface area (Å²) in [5.74, 6) is 1.07. The van der Waals surface area contributed by atoms with Crippen LogP contribution in [0.1, 0.15) is 35.6 Å². The minimum atomic E-state index is 0.193. The summed E-state index contributed by atoms with van der Waals surface area (Å²) >= 11 is 0. The number of carbonyl (C=O) groups excluding carboxylic acids is 1. The summed E-state index contributed by atoms with van der Waals surface area (Å²) in [5.41, 5.74) is 3.50. The van der Waals surface area contributed by atoms with Crippen LogP contribution in [0.25, 0.3) is 0 Å². The summed E-state index contributed by atoms with van der Waals surface area (Å²) in [5, 5.41) is 0. The minimum Gasteiger partial charge on any atom is -0.497 e. The smallest absolute Gasteiger partial charge is 0.227 e. The summed E-state index contributed by atoms with van der Waals surface area (Å²) in [6.45, 7) is 2.91. The first kappa shape index (κ1) is 15.6. The maximum atomic E-state index is 12.7. The SMILES string of the molecule is COc1ccc(C2CCCN2C(=O)Cc2ccc(C)cc2)cc1. The highest BCUT2D eigenvalue weighted by Crippen LogP contribution is 2.33. The van der Waals surface area contributed by atoms with Crippen LogP contribution in [-0.4, -0.2) is 24.5 Å². The Morgan fingerprint density at radius 3 is 2.48 bits per heavy atom. The molecule has 3 rings (SSSR count). The van der Waals surface area contributed by atoms with Gasteiger partial charge in [0.15, 0.2) is 0 Å². The van der Waals surface area contributed by atoms with Crippen molar-refractivity contribution in [1.82, 2.24) is 4.90 Å². The summed E-state index contributed by atoms with van der Waals surface area (Å²) < 4.78 is 5.21. The minimum absolute atomic E-state index is 0.193. The number of amides is 1. The molecule has 3 nitrogen and oxygen atoms in total. The van der Waals surface area contributed by atoms with E-state index in [9.17, 15) is 4.79 Å². The van der Waals surface area contributed by atoms with Crippen LogP contribution < -0.4 is 4.74 Å². The van der Waals surface area contributed by atoms with Crippen molar-refractivity contribution in [3.63, 3.8) is 0 Å². The van der Waals surface area contributed by atoms with E-state index in [2.05, 4.69) is 31.2 Å². The number of nitrogens with zero attached hydrogens (tertiary/aromatic N) is 1. The highest BCUT2D eigenvalue weighted by molar-refractivity contribution is 5.79. The normalized spacial score (nSPS) is 17.3. The zero-order chi connectivity index (χ0) is 16.2. The number of hydrogen-bond donors (Lipinski definition) is 0. The van der Waals surface area contributed by atoms with E-state index in [4.69, 9.17) is 4.74 Å². The maximum absolute atomic E-state index is 12.7. The molecule has 23 heavy (non-hydrogen) atoms. The lowest BCUT2D eigenvalue weighted by Crippen LogP contribution is -2.31. The predicted octanol–water partition coefficient (Wildman–Crippen LogP) is 3.91. The predicted molar refractivity (Wildman–Crippen MR) is 91.6 cm³/mol. The largest absolute Gasteiger partial charge is 0.497 e. The van der Waals surface area contributed by atoms with Gasteiger partial charge in [-0.25, -0.2) is 0 Å². The molecular formula is C20H23NO2. The van der Waals surface area contributed by atoms with Gasteiger partial charge in [-0.3, -0.25) is 4.79 Å². The van der Waals surface area contributed by atoms with E-state index < -0.39 is 0 Å². The fourth-order valence-electron chi connectivity index (χ4n) is 3.22. The van der Waals surface area contributed by atoms with Crippen molar-refractivity contribution in [3.05, 3.63) is 65.2 Å². The van der Waals surface area contributed by atoms with Gasteiger partial charge in [0.2, 0.25) is 5.91 Å². The van der Waals surface area contributed by atoms with Gasteiger partial charge < -0.3 is 9.64 Å². The summed E-state index contributed by atoms with van der Waals surface area (Å²) in [4.78, 5) is 14.7. The van der Waals surface area contributed by atoms with Crippen molar-refractivity contribution < 1.29 is 9.53 Å². The van der Waals surface area contributed by atoms with Gasteiger partial charge in [-0.15, -0.1) is 0 Å². The first-order chi connectivity index (χ1) is 11.2. The second-order valence-electron chi connectivity index (χ2n) is 6.18. The second kappa shape index (κ2) is 6.86. The van der Waals surface area contributed by atoms with Crippen LogP contribution in [0.2, 0.25) is 0 Å². The third kappa shape index (κ3) is 3.55. The molecule has 1 aliphatic rings. The van der Waals surface area contributed by atoms with Crippen molar-refractivity contribution in [2.45, 2.75) is 32.2 Å². The molecule has 0 aliphatic carbocycles. The number of aryl methyl sites for hydroxylation is 1. The van der Waals surface area contributed by atoms with Gasteiger partial charge >= 0.3 is 0 Å². The van der Waals surface area contributed by atoms with Gasteiger partial charge in [0.1, 0.15) is 5.75 Å². The molecular weight excluding hydrogens is 286 g/mol. The van der Waals surface area contributed by atoms with Crippen LogP contribution >= 0.6 is 0 Å². The van der Waals surface area contributed by atoms with Gasteiger partial charge in [0.05, 0.1) is 19.6 Å². The number of benzene rings is 2. The molecule has 0 radical (unpaired) electrons. The van der Waals surface area contributed by atoms with Crippen LogP contribution in [0, 0.1) is 6.92 Å². The van der Waals surface area contributed by atoms with E-state index >= 15 is 0 Å². The van der Waals surface area contributed by atoms with E-state index in [0.717, 1.165) is 30.7 Å². The average molecular weight is 309 g/mol. The zero-order valence-electron chi connectivity index (χ0n) is 13.8. The molecule has 1 unspecified atom stereocenters. The Labute approximate surface area is 137 Å². The molecule has 1 aliphatic heterocycles. The molecule has 0 saturated carbocycles. The number of carbonyl (C=O) groups is 1. The lowest BCUT2D eigenvalue weighted by molar-refractivity contribution is -0.131. The van der Waals surface area contributed by atoms with Gasteiger partial charge in [-0.05, 0) is 43.0 Å². The molecule has 3 heteroatoms. The fourth-order valence-corrected chi connectivity index (χ4v) is 3.22. The third-order valence-electron chi connectivity index (χ3n) is 4.55. The molecule has 0 bridgehead atoms. The van der Waals surface area contributed by atoms with Gasteiger partial charge in [0, 0.05) is 6.54 Å². The van der Waals surface area contributed by atoms with Crippen molar-refractivity contribution in [2.24, 2.45) is 0 Å². The Kier molecular flexibility index (Phi) is 4.65. The highest BCUT2D eigenvalue weighted by Gasteiger charge is 2.29. The van der Waals surface area contributed by atoms with Gasteiger partial charge in [-0.1, -0.05) is 42.0 Å². The van der Waals surface area contributed by atoms with Crippen LogP contribution in [0.5, 0.6) is 5.75 Å². The van der Waals surface area contributed by atoms with E-state index in [1.165, 1.54) is 11.1 Å². The number of ether oxygens (including phenoxy) is 1. The topological polar surface area (TPSA) is 29.5 Å². The number of hydrogen-bond acceptors (Lipinski definition) is 2. The average Bonchev–Trinajstić information content (AvgIpc) is 3.07. The number of rotatable bonds is 4. The molecule has 1 heterocycles. The van der Waals surface area contributed by atoms with E-state index in [0.29, 0.717) is 6.42 Å². The van der Waals surface area contributed by atoms with E-state index in [-0.39, 0.29) is 11.9 Å². The Bertz CT molecular complexity index is 661. The summed E-state index contributed by atoms with van der Waals surface area (Å²) in [6.07, 6.45) is 2.58. The molecule has 1 fully saturated rings. The van der Waals surface area contributed by atoms with Crippen LogP contribution in [0.3, 0.4) is 0 Å². The third-order valence-corrected chi connectivity index (χ3v) is 4.55. The first-order valence-corrected chi connectivity index (χ1v) is 8.16. The monoisotopic (exact) mass is 309 g/mol. The molecule has 2 aromatic carbocycles. The lowest BCUT2D eigenvalue weighted by Gasteiger charge is -2.25. The number of likely N-dealkylation sites (tertiary alicyclic amines) is 1. The van der Waals surface area contributed by atoms with Crippen molar-refractivity contribution in [1.29, 1.82) is 0 Å². The van der Waals surface area contributed by atoms with Crippen LogP contribution in [0.4, 0.5) is 0 Å². The molecule has 120 valence electrons. The van der Waals surface area contributed by atoms with Crippen molar-refractivity contribution in [2.75, 3.05) is 13.7 Å². The fraction of sp³-hybridized carbons (Fsp3) is 0.350. The van der Waals surface area contributed by atoms with E-state index in [1.807, 2.05) is 29.2 Å². The Balaban J connectivity index is 1.72. The molecule has 1 atom stereocenters. The molecule has 0 spiro atoms. The molecule has 1 saturated heterocycles. The lowest BCUT2D eigenvalue weighted by atomic mass is 10.0. The van der Waals surface area contributed by atoms with Crippen molar-refractivity contribution in [3.8, 4) is 5.75 Å². The van der Waals surface area contributed by atoms with Crippen LogP contribution in [0.15, 0.2) is 48.5 Å². The quantitative estimate of drug-likeness (QED) is 0.857. The number of methoxy groups -OCH3 is 1. The van der Waals surface area contributed by atoms with Gasteiger partial charge in [0.25, 0.3) is 0 Å². The molecule has 2 aromatic rings.